The van der Waals surface area contributed by atoms with Gasteiger partial charge in [0, 0.05) is 31.7 Å². The minimum Gasteiger partial charge on any atom is -0.507 e. The third-order valence-corrected chi connectivity index (χ3v) is 6.84. The van der Waals surface area contributed by atoms with E-state index in [2.05, 4.69) is 4.90 Å². The summed E-state index contributed by atoms with van der Waals surface area (Å²) < 4.78 is 22.2. The molecule has 9 heteroatoms. The summed E-state index contributed by atoms with van der Waals surface area (Å²) in [5.74, 6) is 0.229. The van der Waals surface area contributed by atoms with Crippen molar-refractivity contribution >= 4 is 17.4 Å². The van der Waals surface area contributed by atoms with Gasteiger partial charge in [0.2, 0.25) is 0 Å². The van der Waals surface area contributed by atoms with Crippen LogP contribution in [0.2, 0.25) is 0 Å². The van der Waals surface area contributed by atoms with Gasteiger partial charge in [-0.25, -0.2) is 0 Å². The topological polar surface area (TPSA) is 97.8 Å². The Balaban J connectivity index is 1.48. The molecule has 2 fully saturated rings. The predicted octanol–water partition coefficient (Wildman–Crippen LogP) is 3.00. The lowest BCUT2D eigenvalue weighted by Crippen LogP contribution is -2.38. The van der Waals surface area contributed by atoms with Crippen molar-refractivity contribution in [3.05, 3.63) is 59.2 Å². The van der Waals surface area contributed by atoms with E-state index in [9.17, 15) is 14.7 Å². The third-order valence-electron chi connectivity index (χ3n) is 6.84. The van der Waals surface area contributed by atoms with Crippen molar-refractivity contribution in [2.45, 2.75) is 19.4 Å². The van der Waals surface area contributed by atoms with Crippen LogP contribution in [0.3, 0.4) is 0 Å². The van der Waals surface area contributed by atoms with Crippen LogP contribution in [0.15, 0.2) is 48.0 Å². The van der Waals surface area contributed by atoms with Gasteiger partial charge in [-0.15, -0.1) is 0 Å². The van der Waals surface area contributed by atoms with E-state index in [-0.39, 0.29) is 11.3 Å². The van der Waals surface area contributed by atoms with E-state index in [0.717, 1.165) is 25.2 Å². The van der Waals surface area contributed by atoms with Crippen LogP contribution in [-0.2, 0) is 14.3 Å². The van der Waals surface area contributed by atoms with Crippen molar-refractivity contribution in [3.63, 3.8) is 0 Å². The molecular formula is C28H32N2O7. The fourth-order valence-corrected chi connectivity index (χ4v) is 5.01. The first kappa shape index (κ1) is 25.1. The van der Waals surface area contributed by atoms with Gasteiger partial charge in [0.15, 0.2) is 11.5 Å². The first-order valence-electron chi connectivity index (χ1n) is 12.8. The second-order valence-corrected chi connectivity index (χ2v) is 9.16. The van der Waals surface area contributed by atoms with Gasteiger partial charge in [0.1, 0.15) is 24.7 Å². The number of ether oxygens (including phenoxy) is 4. The molecule has 0 spiro atoms. The van der Waals surface area contributed by atoms with E-state index in [4.69, 9.17) is 18.9 Å². The van der Waals surface area contributed by atoms with Gasteiger partial charge >= 0.3 is 0 Å². The molecule has 9 nitrogen and oxygen atoms in total. The van der Waals surface area contributed by atoms with E-state index in [1.54, 1.807) is 23.1 Å². The number of benzene rings is 2. The molecule has 3 heterocycles. The van der Waals surface area contributed by atoms with Crippen molar-refractivity contribution in [2.24, 2.45) is 0 Å². The molecule has 1 amide bonds. The number of ketones is 1. The van der Waals surface area contributed by atoms with Gasteiger partial charge in [-0.05, 0) is 49.2 Å². The number of Topliss-reactive ketones (excluding diaryl/α,β-unsaturated/α-hetero) is 1. The van der Waals surface area contributed by atoms with Gasteiger partial charge < -0.3 is 29.0 Å². The summed E-state index contributed by atoms with van der Waals surface area (Å²) in [4.78, 5) is 30.4. The fraction of sp³-hybridized carbons (Fsp3) is 0.429. The van der Waals surface area contributed by atoms with Crippen LogP contribution >= 0.6 is 0 Å². The molecule has 37 heavy (non-hydrogen) atoms. The normalized spacial score (nSPS) is 21.3. The number of fused-ring (bicyclic) bond motifs is 1. The second kappa shape index (κ2) is 11.2. The molecule has 0 saturated carbocycles. The van der Waals surface area contributed by atoms with Crippen molar-refractivity contribution < 1.29 is 33.6 Å². The predicted molar refractivity (Wildman–Crippen MR) is 136 cm³/mol. The van der Waals surface area contributed by atoms with Gasteiger partial charge in [0.25, 0.3) is 11.7 Å². The lowest BCUT2D eigenvalue weighted by molar-refractivity contribution is -0.140. The Morgan fingerprint density at radius 3 is 2.43 bits per heavy atom. The Hall–Kier alpha value is -3.56. The van der Waals surface area contributed by atoms with Crippen LogP contribution in [0, 0.1) is 0 Å². The Morgan fingerprint density at radius 2 is 1.70 bits per heavy atom. The zero-order valence-electron chi connectivity index (χ0n) is 21.0. The summed E-state index contributed by atoms with van der Waals surface area (Å²) in [6.45, 7) is 7.58. The molecule has 3 aliphatic rings. The average molecular weight is 509 g/mol. The Morgan fingerprint density at radius 1 is 0.973 bits per heavy atom. The van der Waals surface area contributed by atoms with Gasteiger partial charge in [-0.1, -0.05) is 12.1 Å². The Bertz CT molecular complexity index is 1170. The van der Waals surface area contributed by atoms with E-state index in [1.165, 1.54) is 0 Å². The molecule has 0 aliphatic carbocycles. The highest BCUT2D eigenvalue weighted by atomic mass is 16.6. The van der Waals surface area contributed by atoms with Crippen LogP contribution in [0.4, 0.5) is 0 Å². The van der Waals surface area contributed by atoms with Crippen molar-refractivity contribution in [2.75, 3.05) is 59.2 Å². The molecule has 196 valence electrons. The summed E-state index contributed by atoms with van der Waals surface area (Å²) in [5.41, 5.74) is 1.19. The number of aliphatic hydroxyl groups excluding tert-OH is 1. The molecule has 2 saturated heterocycles. The molecule has 2 aromatic rings. The highest BCUT2D eigenvalue weighted by Gasteiger charge is 2.46. The molecule has 1 atom stereocenters. The SMILES string of the molecule is CCOc1ccc(C2C(=C(O)c3ccc4c(c3)OCCO4)C(=O)C(=O)N2CCCN2CCOCC2)cc1. The maximum atomic E-state index is 13.3. The van der Waals surface area contributed by atoms with Crippen LogP contribution < -0.4 is 14.2 Å². The molecular weight excluding hydrogens is 476 g/mol. The van der Waals surface area contributed by atoms with Crippen LogP contribution in [0.5, 0.6) is 17.2 Å². The van der Waals surface area contributed by atoms with Crippen LogP contribution in [-0.4, -0.2) is 85.8 Å². The van der Waals surface area contributed by atoms with Crippen molar-refractivity contribution in [1.82, 2.24) is 9.80 Å². The van der Waals surface area contributed by atoms with E-state index >= 15 is 0 Å². The molecule has 2 aromatic carbocycles. The lowest BCUT2D eigenvalue weighted by atomic mass is 9.95. The van der Waals surface area contributed by atoms with Gasteiger partial charge in [-0.2, -0.15) is 0 Å². The Labute approximate surface area is 216 Å². The van der Waals surface area contributed by atoms with E-state index in [0.29, 0.717) is 68.8 Å². The highest BCUT2D eigenvalue weighted by molar-refractivity contribution is 6.46. The number of carbonyl (C=O) groups excluding carboxylic acids is 2. The standard InChI is InChI=1S/C28H32N2O7/c1-2-35-21-7-4-19(5-8-21)25-24(26(31)20-6-9-22-23(18-20)37-17-16-36-22)27(32)28(33)30(25)11-3-10-29-12-14-34-15-13-29/h4-9,18,25,31H,2-3,10-17H2,1H3. The minimum absolute atomic E-state index is 0.0669. The monoisotopic (exact) mass is 508 g/mol. The summed E-state index contributed by atoms with van der Waals surface area (Å²) >= 11 is 0. The number of hydrogen-bond acceptors (Lipinski definition) is 8. The number of morpholine rings is 1. The maximum absolute atomic E-state index is 13.3. The zero-order valence-corrected chi connectivity index (χ0v) is 21.0. The molecule has 3 aliphatic heterocycles. The second-order valence-electron chi connectivity index (χ2n) is 9.16. The fourth-order valence-electron chi connectivity index (χ4n) is 5.01. The number of rotatable bonds is 8. The number of likely N-dealkylation sites (tertiary alicyclic amines) is 1. The van der Waals surface area contributed by atoms with Crippen molar-refractivity contribution in [1.29, 1.82) is 0 Å². The summed E-state index contributed by atoms with van der Waals surface area (Å²) in [5, 5.41) is 11.4. The number of aliphatic hydroxyl groups is 1. The average Bonchev–Trinajstić information content (AvgIpc) is 3.18. The number of carbonyl (C=O) groups is 2. The molecule has 0 radical (unpaired) electrons. The number of hydrogen-bond donors (Lipinski definition) is 1. The van der Waals surface area contributed by atoms with Crippen LogP contribution in [0.25, 0.3) is 5.76 Å². The zero-order chi connectivity index (χ0) is 25.8. The first-order chi connectivity index (χ1) is 18.1. The Kier molecular flexibility index (Phi) is 7.62. The molecule has 1 unspecified atom stereocenters. The largest absolute Gasteiger partial charge is 0.507 e. The third kappa shape index (κ3) is 5.28. The summed E-state index contributed by atoms with van der Waals surface area (Å²) in [7, 11) is 0. The highest BCUT2D eigenvalue weighted by Crippen LogP contribution is 2.41. The maximum Gasteiger partial charge on any atom is 0.295 e. The molecule has 0 bridgehead atoms. The lowest BCUT2D eigenvalue weighted by Gasteiger charge is -2.29. The molecule has 5 rings (SSSR count). The number of amides is 1. The quantitative estimate of drug-likeness (QED) is 0.330. The molecule has 1 N–H and O–H groups in total. The van der Waals surface area contributed by atoms with E-state index < -0.39 is 17.7 Å². The first-order valence-corrected chi connectivity index (χ1v) is 12.8. The summed E-state index contributed by atoms with van der Waals surface area (Å²) in [6, 6.07) is 11.6. The van der Waals surface area contributed by atoms with Gasteiger partial charge in [0.05, 0.1) is 31.4 Å². The van der Waals surface area contributed by atoms with Crippen LogP contribution in [0.1, 0.15) is 30.5 Å². The summed E-state index contributed by atoms with van der Waals surface area (Å²) in [6.07, 6.45) is 0.699. The number of nitrogens with zero attached hydrogens (tertiary/aromatic N) is 2. The molecule has 0 aromatic heterocycles. The van der Waals surface area contributed by atoms with Crippen molar-refractivity contribution in [3.8, 4) is 17.2 Å². The minimum atomic E-state index is -0.714. The van der Waals surface area contributed by atoms with Gasteiger partial charge in [-0.3, -0.25) is 14.5 Å². The smallest absolute Gasteiger partial charge is 0.295 e. The van der Waals surface area contributed by atoms with E-state index in [1.807, 2.05) is 31.2 Å².